The molecule has 1 aromatic heterocycles. The molecule has 1 N–H and O–H groups in total. The van der Waals surface area contributed by atoms with E-state index in [1.165, 1.54) is 0 Å². The van der Waals surface area contributed by atoms with Gasteiger partial charge in [0.2, 0.25) is 0 Å². The number of amides is 1. The molecule has 1 rings (SSSR count). The Bertz CT molecular complexity index is 463. The molecule has 1 aromatic rings. The first-order valence-corrected chi connectivity index (χ1v) is 7.81. The van der Waals surface area contributed by atoms with E-state index in [1.807, 2.05) is 33.3 Å². The van der Waals surface area contributed by atoms with Gasteiger partial charge in [-0.25, -0.2) is 9.78 Å². The van der Waals surface area contributed by atoms with E-state index in [2.05, 4.69) is 40.8 Å². The molecule has 1 atom stereocenters. The topological polar surface area (TPSA) is 59.4 Å². The number of nitrogens with zero attached hydrogens (tertiary/aromatic N) is 3. The predicted octanol–water partition coefficient (Wildman–Crippen LogP) is 2.46. The normalized spacial score (nSPS) is 13.2. The standard InChI is InChI=1S/C16H30N4O2/c1-13(8-10-19(5)6)20-12-17-11-14(20)7-9-18-15(21)22-16(2,3)4/h11-13H,7-10H2,1-6H3,(H,18,21). The number of ether oxygens (including phenoxy) is 1. The van der Waals surface area contributed by atoms with Gasteiger partial charge in [-0.1, -0.05) is 0 Å². The van der Waals surface area contributed by atoms with Crippen molar-refractivity contribution in [2.45, 2.75) is 52.2 Å². The zero-order chi connectivity index (χ0) is 16.8. The Labute approximate surface area is 133 Å². The highest BCUT2D eigenvalue weighted by atomic mass is 16.6. The summed E-state index contributed by atoms with van der Waals surface area (Å²) in [4.78, 5) is 18.0. The van der Waals surface area contributed by atoms with Crippen LogP contribution in [0.3, 0.4) is 0 Å². The summed E-state index contributed by atoms with van der Waals surface area (Å²) in [6, 6.07) is 0.390. The lowest BCUT2D eigenvalue weighted by Crippen LogP contribution is -2.33. The van der Waals surface area contributed by atoms with Gasteiger partial charge >= 0.3 is 6.09 Å². The summed E-state index contributed by atoms with van der Waals surface area (Å²) in [6.07, 6.45) is 5.16. The molecule has 0 bridgehead atoms. The highest BCUT2D eigenvalue weighted by Crippen LogP contribution is 2.14. The van der Waals surface area contributed by atoms with Crippen LogP contribution in [0.1, 0.15) is 45.9 Å². The second kappa shape index (κ2) is 8.17. The molecule has 1 unspecified atom stereocenters. The molecule has 0 aliphatic heterocycles. The quantitative estimate of drug-likeness (QED) is 0.840. The Hall–Kier alpha value is -1.56. The van der Waals surface area contributed by atoms with Gasteiger partial charge in [-0.05, 0) is 54.8 Å². The summed E-state index contributed by atoms with van der Waals surface area (Å²) in [6.45, 7) is 9.34. The van der Waals surface area contributed by atoms with Crippen molar-refractivity contribution >= 4 is 6.09 Å². The molecule has 0 radical (unpaired) electrons. The van der Waals surface area contributed by atoms with Gasteiger partial charge in [0.25, 0.3) is 0 Å². The van der Waals surface area contributed by atoms with Crippen molar-refractivity contribution in [2.75, 3.05) is 27.2 Å². The predicted molar refractivity (Wildman–Crippen MR) is 88.0 cm³/mol. The average Bonchev–Trinajstić information content (AvgIpc) is 2.82. The molecule has 0 saturated heterocycles. The fourth-order valence-electron chi connectivity index (χ4n) is 2.11. The Kier molecular flexibility index (Phi) is 6.87. The number of rotatable bonds is 7. The SMILES string of the molecule is CC(CCN(C)C)n1cncc1CCNC(=O)OC(C)(C)C. The van der Waals surface area contributed by atoms with Crippen LogP contribution in [0.4, 0.5) is 4.79 Å². The molecule has 0 aliphatic carbocycles. The van der Waals surface area contributed by atoms with Gasteiger partial charge in [-0.2, -0.15) is 0 Å². The molecule has 6 nitrogen and oxygen atoms in total. The van der Waals surface area contributed by atoms with E-state index in [0.717, 1.165) is 25.1 Å². The van der Waals surface area contributed by atoms with Crippen molar-refractivity contribution < 1.29 is 9.53 Å². The number of carbonyl (C=O) groups is 1. The van der Waals surface area contributed by atoms with Crippen molar-refractivity contribution in [3.8, 4) is 0 Å². The van der Waals surface area contributed by atoms with Crippen LogP contribution in [-0.4, -0.2) is 53.3 Å². The van der Waals surface area contributed by atoms with E-state index >= 15 is 0 Å². The second-order valence-corrected chi connectivity index (χ2v) is 6.91. The lowest BCUT2D eigenvalue weighted by molar-refractivity contribution is 0.0528. The minimum atomic E-state index is -0.466. The summed E-state index contributed by atoms with van der Waals surface area (Å²) in [5.41, 5.74) is 0.661. The van der Waals surface area contributed by atoms with Crippen LogP contribution in [0, 0.1) is 0 Å². The van der Waals surface area contributed by atoms with Crippen molar-refractivity contribution in [3.05, 3.63) is 18.2 Å². The van der Waals surface area contributed by atoms with E-state index in [9.17, 15) is 4.79 Å². The van der Waals surface area contributed by atoms with E-state index in [4.69, 9.17) is 4.74 Å². The zero-order valence-electron chi connectivity index (χ0n) is 14.7. The number of alkyl carbamates (subject to hydrolysis) is 1. The van der Waals surface area contributed by atoms with Crippen molar-refractivity contribution in [1.29, 1.82) is 0 Å². The highest BCUT2D eigenvalue weighted by molar-refractivity contribution is 5.67. The molecule has 0 aliphatic rings. The van der Waals surface area contributed by atoms with Crippen LogP contribution in [0.15, 0.2) is 12.5 Å². The number of aromatic nitrogens is 2. The Morgan fingerprint density at radius 1 is 1.45 bits per heavy atom. The van der Waals surface area contributed by atoms with Crippen LogP contribution in [0.2, 0.25) is 0 Å². The third-order valence-corrected chi connectivity index (χ3v) is 3.26. The molecule has 0 aromatic carbocycles. The first-order chi connectivity index (χ1) is 10.2. The fourth-order valence-corrected chi connectivity index (χ4v) is 2.11. The fraction of sp³-hybridized carbons (Fsp3) is 0.750. The number of hydrogen-bond acceptors (Lipinski definition) is 4. The van der Waals surface area contributed by atoms with Gasteiger partial charge in [0.15, 0.2) is 0 Å². The minimum Gasteiger partial charge on any atom is -0.444 e. The summed E-state index contributed by atoms with van der Waals surface area (Å²) in [7, 11) is 4.15. The molecule has 0 saturated carbocycles. The average molecular weight is 310 g/mol. The largest absolute Gasteiger partial charge is 0.444 e. The third-order valence-electron chi connectivity index (χ3n) is 3.26. The molecule has 1 amide bonds. The molecule has 0 spiro atoms. The minimum absolute atomic E-state index is 0.376. The van der Waals surface area contributed by atoms with Crippen molar-refractivity contribution in [2.24, 2.45) is 0 Å². The highest BCUT2D eigenvalue weighted by Gasteiger charge is 2.16. The smallest absolute Gasteiger partial charge is 0.407 e. The molecule has 126 valence electrons. The first-order valence-electron chi connectivity index (χ1n) is 7.81. The molecule has 0 fully saturated rings. The van der Waals surface area contributed by atoms with Gasteiger partial charge in [0.1, 0.15) is 5.60 Å². The lowest BCUT2D eigenvalue weighted by Gasteiger charge is -2.20. The van der Waals surface area contributed by atoms with Crippen molar-refractivity contribution in [3.63, 3.8) is 0 Å². The third kappa shape index (κ3) is 6.93. The number of imidazole rings is 1. The number of carbonyl (C=O) groups excluding carboxylic acids is 1. The van der Waals surface area contributed by atoms with Gasteiger partial charge in [-0.15, -0.1) is 0 Å². The second-order valence-electron chi connectivity index (χ2n) is 6.91. The summed E-state index contributed by atoms with van der Waals surface area (Å²) < 4.78 is 7.40. The Balaban J connectivity index is 2.44. The molecular weight excluding hydrogens is 280 g/mol. The lowest BCUT2D eigenvalue weighted by atomic mass is 10.2. The monoisotopic (exact) mass is 310 g/mol. The molecule has 1 heterocycles. The van der Waals surface area contributed by atoms with Crippen LogP contribution in [-0.2, 0) is 11.2 Å². The van der Waals surface area contributed by atoms with Crippen LogP contribution in [0.5, 0.6) is 0 Å². The number of nitrogens with one attached hydrogen (secondary N) is 1. The summed E-state index contributed by atoms with van der Waals surface area (Å²) >= 11 is 0. The van der Waals surface area contributed by atoms with Gasteiger partial charge in [0, 0.05) is 30.9 Å². The van der Waals surface area contributed by atoms with Crippen LogP contribution < -0.4 is 5.32 Å². The van der Waals surface area contributed by atoms with E-state index in [1.54, 1.807) is 0 Å². The van der Waals surface area contributed by atoms with Gasteiger partial charge < -0.3 is 19.5 Å². The summed E-state index contributed by atoms with van der Waals surface area (Å²) in [5, 5.41) is 2.78. The van der Waals surface area contributed by atoms with Gasteiger partial charge in [0.05, 0.1) is 6.33 Å². The maximum Gasteiger partial charge on any atom is 0.407 e. The molecule has 22 heavy (non-hydrogen) atoms. The van der Waals surface area contributed by atoms with E-state index in [0.29, 0.717) is 12.6 Å². The van der Waals surface area contributed by atoms with Gasteiger partial charge in [-0.3, -0.25) is 0 Å². The maximum absolute atomic E-state index is 11.6. The molecular formula is C16H30N4O2. The van der Waals surface area contributed by atoms with Crippen LogP contribution >= 0.6 is 0 Å². The van der Waals surface area contributed by atoms with E-state index < -0.39 is 5.60 Å². The van der Waals surface area contributed by atoms with Crippen LogP contribution in [0.25, 0.3) is 0 Å². The Morgan fingerprint density at radius 2 is 2.14 bits per heavy atom. The van der Waals surface area contributed by atoms with E-state index in [-0.39, 0.29) is 6.09 Å². The maximum atomic E-state index is 11.6. The Morgan fingerprint density at radius 3 is 2.73 bits per heavy atom. The summed E-state index contributed by atoms with van der Waals surface area (Å²) in [5.74, 6) is 0. The van der Waals surface area contributed by atoms with Crippen molar-refractivity contribution in [1.82, 2.24) is 19.8 Å². The zero-order valence-corrected chi connectivity index (χ0v) is 14.7. The number of hydrogen-bond donors (Lipinski definition) is 1. The first kappa shape index (κ1) is 18.5. The molecule has 6 heteroatoms.